The molecule has 0 saturated carbocycles. The number of aryl methyl sites for hydroxylation is 1. The fraction of sp³-hybridized carbons (Fsp3) is 0.296. The zero-order chi connectivity index (χ0) is 22.5. The second-order valence-electron chi connectivity index (χ2n) is 8.22. The van der Waals surface area contributed by atoms with Crippen LogP contribution in [0.15, 0.2) is 66.7 Å². The third kappa shape index (κ3) is 4.88. The third-order valence-corrected chi connectivity index (χ3v) is 6.15. The molecule has 0 radical (unpaired) electrons. The van der Waals surface area contributed by atoms with Crippen LogP contribution in [0.4, 0.5) is 5.69 Å². The number of carbonyl (C=O) groups excluding carboxylic acids is 1. The number of benzene rings is 3. The predicted molar refractivity (Wildman–Crippen MR) is 125 cm³/mol. The van der Waals surface area contributed by atoms with Crippen LogP contribution in [0.2, 0.25) is 0 Å². The van der Waals surface area contributed by atoms with Crippen LogP contribution in [-0.4, -0.2) is 25.2 Å². The lowest BCUT2D eigenvalue weighted by Crippen LogP contribution is -2.36. The number of hydrogen-bond acceptors (Lipinski definition) is 4. The topological polar surface area (TPSA) is 59.0 Å². The Morgan fingerprint density at radius 2 is 1.62 bits per heavy atom. The summed E-state index contributed by atoms with van der Waals surface area (Å²) >= 11 is 0. The van der Waals surface area contributed by atoms with Crippen LogP contribution in [-0.2, 0) is 24.2 Å². The van der Waals surface area contributed by atoms with E-state index in [1.807, 2.05) is 35.2 Å². The Hall–Kier alpha value is -3.47. The molecule has 0 aromatic heterocycles. The standard InChI is InChI=1S/C27H29NO4/c1-31-25-13-6-19(7-14-25)18-28(23-9-11-24(29)12-10-23)27(30)21-5-3-4-20-8-15-26(32-2)17-22(20)16-21/h6-15,17,21,29H,3-5,16,18H2,1-2H3. The number of carbonyl (C=O) groups is 1. The van der Waals surface area contributed by atoms with Gasteiger partial charge >= 0.3 is 0 Å². The van der Waals surface area contributed by atoms with Gasteiger partial charge in [0.15, 0.2) is 0 Å². The van der Waals surface area contributed by atoms with E-state index >= 15 is 0 Å². The van der Waals surface area contributed by atoms with Crippen molar-refractivity contribution >= 4 is 11.6 Å². The summed E-state index contributed by atoms with van der Waals surface area (Å²) in [5.41, 5.74) is 4.28. The number of hydrogen-bond donors (Lipinski definition) is 1. The number of aromatic hydroxyl groups is 1. The Morgan fingerprint density at radius 1 is 0.938 bits per heavy atom. The zero-order valence-corrected chi connectivity index (χ0v) is 18.6. The van der Waals surface area contributed by atoms with Crippen LogP contribution in [0.25, 0.3) is 0 Å². The summed E-state index contributed by atoms with van der Waals surface area (Å²) in [7, 11) is 3.31. The number of fused-ring (bicyclic) bond motifs is 1. The summed E-state index contributed by atoms with van der Waals surface area (Å²) < 4.78 is 10.7. The van der Waals surface area contributed by atoms with Gasteiger partial charge in [0.05, 0.1) is 20.8 Å². The van der Waals surface area contributed by atoms with Crippen LogP contribution in [0, 0.1) is 5.92 Å². The highest BCUT2D eigenvalue weighted by Gasteiger charge is 2.28. The lowest BCUT2D eigenvalue weighted by atomic mass is 9.94. The van der Waals surface area contributed by atoms with E-state index < -0.39 is 0 Å². The van der Waals surface area contributed by atoms with Gasteiger partial charge in [0.25, 0.3) is 0 Å². The molecule has 0 saturated heterocycles. The predicted octanol–water partition coefficient (Wildman–Crippen LogP) is 5.14. The third-order valence-electron chi connectivity index (χ3n) is 6.15. The molecule has 32 heavy (non-hydrogen) atoms. The summed E-state index contributed by atoms with van der Waals surface area (Å²) in [5, 5.41) is 9.74. The molecular formula is C27H29NO4. The van der Waals surface area contributed by atoms with Gasteiger partial charge in [-0.3, -0.25) is 4.79 Å². The number of ether oxygens (including phenoxy) is 2. The molecule has 0 spiro atoms. The van der Waals surface area contributed by atoms with Crippen molar-refractivity contribution in [1.82, 2.24) is 0 Å². The maximum absolute atomic E-state index is 13.8. The van der Waals surface area contributed by atoms with E-state index in [0.717, 1.165) is 42.0 Å². The van der Waals surface area contributed by atoms with Crippen molar-refractivity contribution in [3.05, 3.63) is 83.4 Å². The van der Waals surface area contributed by atoms with Gasteiger partial charge in [-0.2, -0.15) is 0 Å². The quantitative estimate of drug-likeness (QED) is 0.549. The minimum Gasteiger partial charge on any atom is -0.508 e. The monoisotopic (exact) mass is 431 g/mol. The number of phenols is 1. The van der Waals surface area contributed by atoms with E-state index in [-0.39, 0.29) is 17.6 Å². The van der Waals surface area contributed by atoms with Gasteiger partial charge in [-0.25, -0.2) is 0 Å². The fourth-order valence-electron chi connectivity index (χ4n) is 4.34. The van der Waals surface area contributed by atoms with Gasteiger partial charge < -0.3 is 19.5 Å². The first-order valence-electron chi connectivity index (χ1n) is 11.0. The lowest BCUT2D eigenvalue weighted by Gasteiger charge is -2.27. The summed E-state index contributed by atoms with van der Waals surface area (Å²) in [6.45, 7) is 0.453. The molecular weight excluding hydrogens is 402 g/mol. The minimum absolute atomic E-state index is 0.0992. The first-order valence-corrected chi connectivity index (χ1v) is 11.0. The van der Waals surface area contributed by atoms with Crippen molar-refractivity contribution in [2.75, 3.05) is 19.1 Å². The highest BCUT2D eigenvalue weighted by molar-refractivity contribution is 5.95. The van der Waals surface area contributed by atoms with Gasteiger partial charge in [0.2, 0.25) is 5.91 Å². The molecule has 4 rings (SSSR count). The molecule has 5 nitrogen and oxygen atoms in total. The van der Waals surface area contributed by atoms with Gasteiger partial charge in [-0.15, -0.1) is 0 Å². The van der Waals surface area contributed by atoms with Gasteiger partial charge in [0, 0.05) is 11.6 Å². The normalized spacial score (nSPS) is 15.4. The largest absolute Gasteiger partial charge is 0.508 e. The first-order chi connectivity index (χ1) is 15.6. The molecule has 3 aromatic rings. The minimum atomic E-state index is -0.115. The van der Waals surface area contributed by atoms with Crippen LogP contribution >= 0.6 is 0 Å². The van der Waals surface area contributed by atoms with Crippen molar-refractivity contribution in [2.45, 2.75) is 32.2 Å². The van der Waals surface area contributed by atoms with E-state index in [4.69, 9.17) is 9.47 Å². The van der Waals surface area contributed by atoms with E-state index in [0.29, 0.717) is 13.0 Å². The van der Waals surface area contributed by atoms with Crippen molar-refractivity contribution in [3.8, 4) is 17.2 Å². The second-order valence-corrected chi connectivity index (χ2v) is 8.22. The average molecular weight is 432 g/mol. The van der Waals surface area contributed by atoms with Gasteiger partial charge in [-0.05, 0) is 90.9 Å². The average Bonchev–Trinajstić information content (AvgIpc) is 3.05. The zero-order valence-electron chi connectivity index (χ0n) is 18.6. The smallest absolute Gasteiger partial charge is 0.230 e. The molecule has 1 amide bonds. The van der Waals surface area contributed by atoms with Crippen molar-refractivity contribution in [2.24, 2.45) is 5.92 Å². The molecule has 0 bridgehead atoms. The SMILES string of the molecule is COc1ccc(CN(C(=O)C2CCCc3ccc(OC)cc3C2)c2ccc(O)cc2)cc1. The summed E-state index contributed by atoms with van der Waals surface area (Å²) in [4.78, 5) is 15.7. The Bertz CT molecular complexity index is 1060. The molecule has 0 fully saturated rings. The number of phenolic OH excluding ortho intramolecular Hbond substituents is 1. The molecule has 5 heteroatoms. The summed E-state index contributed by atoms with van der Waals surface area (Å²) in [6, 6.07) is 20.8. The molecule has 1 N–H and O–H groups in total. The number of rotatable bonds is 6. The van der Waals surface area contributed by atoms with E-state index in [1.54, 1.807) is 38.5 Å². The van der Waals surface area contributed by atoms with Gasteiger partial charge in [-0.1, -0.05) is 18.2 Å². The molecule has 1 aliphatic carbocycles. The van der Waals surface area contributed by atoms with Crippen LogP contribution in [0.5, 0.6) is 17.2 Å². The van der Waals surface area contributed by atoms with E-state index in [2.05, 4.69) is 12.1 Å². The molecule has 1 unspecified atom stereocenters. The van der Waals surface area contributed by atoms with Crippen molar-refractivity contribution < 1.29 is 19.4 Å². The number of nitrogens with zero attached hydrogens (tertiary/aromatic N) is 1. The Balaban J connectivity index is 1.63. The Morgan fingerprint density at radius 3 is 2.31 bits per heavy atom. The Kier molecular flexibility index (Phi) is 6.64. The molecule has 0 aliphatic heterocycles. The Labute approximate surface area is 189 Å². The fourth-order valence-corrected chi connectivity index (χ4v) is 4.34. The van der Waals surface area contributed by atoms with E-state index in [1.165, 1.54) is 11.1 Å². The lowest BCUT2D eigenvalue weighted by molar-refractivity contribution is -0.122. The molecule has 166 valence electrons. The maximum Gasteiger partial charge on any atom is 0.230 e. The highest BCUT2D eigenvalue weighted by Crippen LogP contribution is 2.31. The molecule has 0 heterocycles. The molecule has 3 aromatic carbocycles. The second kappa shape index (κ2) is 9.77. The molecule has 1 aliphatic rings. The van der Waals surface area contributed by atoms with E-state index in [9.17, 15) is 9.90 Å². The van der Waals surface area contributed by atoms with Crippen LogP contribution < -0.4 is 14.4 Å². The van der Waals surface area contributed by atoms with Crippen LogP contribution in [0.3, 0.4) is 0 Å². The number of anilines is 1. The summed E-state index contributed by atoms with van der Waals surface area (Å²) in [6.07, 6.45) is 3.48. The maximum atomic E-state index is 13.8. The van der Waals surface area contributed by atoms with Gasteiger partial charge in [0.1, 0.15) is 17.2 Å². The number of amides is 1. The highest BCUT2D eigenvalue weighted by atomic mass is 16.5. The first kappa shape index (κ1) is 21.8. The van der Waals surface area contributed by atoms with Crippen molar-refractivity contribution in [3.63, 3.8) is 0 Å². The van der Waals surface area contributed by atoms with Crippen LogP contribution in [0.1, 0.15) is 29.5 Å². The van der Waals surface area contributed by atoms with Crippen molar-refractivity contribution in [1.29, 1.82) is 0 Å². The summed E-state index contributed by atoms with van der Waals surface area (Å²) in [5.74, 6) is 1.77. The molecule has 1 atom stereocenters. The number of methoxy groups -OCH3 is 2.